The largest absolute Gasteiger partial charge is 0.353 e. The molecule has 2 N–H and O–H groups in total. The quantitative estimate of drug-likeness (QED) is 0.574. The van der Waals surface area contributed by atoms with Crippen molar-refractivity contribution in [3.63, 3.8) is 0 Å². The van der Waals surface area contributed by atoms with Crippen LogP contribution in [0.15, 0.2) is 84.9 Å². The summed E-state index contributed by atoms with van der Waals surface area (Å²) in [6.07, 6.45) is 0. The molecule has 0 radical (unpaired) electrons. The summed E-state index contributed by atoms with van der Waals surface area (Å²) in [4.78, 5) is 26.6. The lowest BCUT2D eigenvalue weighted by atomic mass is 10.2. The average Bonchev–Trinajstić information content (AvgIpc) is 2.78. The number of carbonyl (C=O) groups is 2. The van der Waals surface area contributed by atoms with E-state index in [1.165, 1.54) is 12.1 Å². The van der Waals surface area contributed by atoms with E-state index in [1.54, 1.807) is 17.0 Å². The lowest BCUT2D eigenvalue weighted by molar-refractivity contribution is -0.120. The second-order valence-corrected chi connectivity index (χ2v) is 6.86. The highest BCUT2D eigenvalue weighted by molar-refractivity contribution is 5.86. The Labute approximate surface area is 175 Å². The van der Waals surface area contributed by atoms with E-state index in [-0.39, 0.29) is 30.7 Å². The summed E-state index contributed by atoms with van der Waals surface area (Å²) < 4.78 is 13.3. The molecular formula is C24H24FN3O2. The first-order valence-corrected chi connectivity index (χ1v) is 9.72. The molecule has 0 heterocycles. The van der Waals surface area contributed by atoms with E-state index >= 15 is 0 Å². The van der Waals surface area contributed by atoms with E-state index in [0.717, 1.165) is 11.1 Å². The average molecular weight is 405 g/mol. The van der Waals surface area contributed by atoms with Crippen LogP contribution < -0.4 is 15.5 Å². The zero-order valence-corrected chi connectivity index (χ0v) is 16.6. The Hall–Kier alpha value is -3.67. The number of anilines is 1. The van der Waals surface area contributed by atoms with Crippen molar-refractivity contribution in [1.29, 1.82) is 0 Å². The fraction of sp³-hybridized carbons (Fsp3) is 0.167. The first-order chi connectivity index (χ1) is 14.6. The fourth-order valence-electron chi connectivity index (χ4n) is 2.94. The number of halogens is 1. The number of amides is 2. The van der Waals surface area contributed by atoms with Gasteiger partial charge in [0.2, 0.25) is 11.8 Å². The van der Waals surface area contributed by atoms with Crippen LogP contribution >= 0.6 is 0 Å². The van der Waals surface area contributed by atoms with E-state index in [0.29, 0.717) is 18.8 Å². The van der Waals surface area contributed by atoms with Crippen molar-refractivity contribution in [3.05, 3.63) is 102 Å². The molecule has 0 saturated carbocycles. The minimum absolute atomic E-state index is 0.0166. The number of benzene rings is 3. The van der Waals surface area contributed by atoms with Gasteiger partial charge < -0.3 is 15.5 Å². The van der Waals surface area contributed by atoms with Gasteiger partial charge in [-0.1, -0.05) is 60.7 Å². The molecule has 3 aromatic carbocycles. The Bertz CT molecular complexity index is 890. The topological polar surface area (TPSA) is 61.4 Å². The summed E-state index contributed by atoms with van der Waals surface area (Å²) in [6.45, 7) is 0.767. The van der Waals surface area contributed by atoms with Gasteiger partial charge in [-0.3, -0.25) is 9.59 Å². The van der Waals surface area contributed by atoms with Crippen molar-refractivity contribution in [2.45, 2.75) is 13.1 Å². The van der Waals surface area contributed by atoms with Gasteiger partial charge in [0, 0.05) is 18.8 Å². The maximum atomic E-state index is 13.3. The highest BCUT2D eigenvalue weighted by Crippen LogP contribution is 2.14. The third-order valence-electron chi connectivity index (χ3n) is 4.53. The predicted octanol–water partition coefficient (Wildman–Crippen LogP) is 3.26. The predicted molar refractivity (Wildman–Crippen MR) is 115 cm³/mol. The Kier molecular flexibility index (Phi) is 7.55. The number of hydrogen-bond acceptors (Lipinski definition) is 3. The summed E-state index contributed by atoms with van der Waals surface area (Å²) in [5, 5.41) is 5.71. The van der Waals surface area contributed by atoms with Crippen LogP contribution in [-0.2, 0) is 22.7 Å². The van der Waals surface area contributed by atoms with Gasteiger partial charge in [-0.25, -0.2) is 4.39 Å². The zero-order chi connectivity index (χ0) is 21.2. The molecule has 2 amide bonds. The maximum Gasteiger partial charge on any atom is 0.239 e. The molecule has 0 aliphatic carbocycles. The van der Waals surface area contributed by atoms with Crippen molar-refractivity contribution in [1.82, 2.24) is 10.6 Å². The van der Waals surface area contributed by atoms with Crippen LogP contribution in [0.25, 0.3) is 0 Å². The van der Waals surface area contributed by atoms with Crippen molar-refractivity contribution < 1.29 is 14.0 Å². The van der Waals surface area contributed by atoms with Gasteiger partial charge in [0.25, 0.3) is 0 Å². The summed E-state index contributed by atoms with van der Waals surface area (Å²) >= 11 is 0. The zero-order valence-electron chi connectivity index (χ0n) is 16.6. The van der Waals surface area contributed by atoms with Crippen LogP contribution in [0.3, 0.4) is 0 Å². The summed E-state index contributed by atoms with van der Waals surface area (Å²) in [5.41, 5.74) is 2.57. The smallest absolute Gasteiger partial charge is 0.239 e. The SMILES string of the molecule is O=C(CN(CC(=O)NCc1ccccc1)c1ccc(F)cc1)NCc1ccccc1. The van der Waals surface area contributed by atoms with Crippen LogP contribution in [-0.4, -0.2) is 24.9 Å². The van der Waals surface area contributed by atoms with Crippen molar-refractivity contribution >= 4 is 17.5 Å². The molecule has 0 aliphatic rings. The molecule has 30 heavy (non-hydrogen) atoms. The lowest BCUT2D eigenvalue weighted by Crippen LogP contribution is -2.42. The van der Waals surface area contributed by atoms with Crippen LogP contribution in [0, 0.1) is 5.82 Å². The Balaban J connectivity index is 1.60. The summed E-state index contributed by atoms with van der Waals surface area (Å²) in [6, 6.07) is 24.9. The maximum absolute atomic E-state index is 13.3. The van der Waals surface area contributed by atoms with Gasteiger partial charge in [-0.15, -0.1) is 0 Å². The standard InChI is InChI=1S/C24H24FN3O2/c25-21-11-13-22(14-12-21)28(17-23(29)26-15-19-7-3-1-4-8-19)18-24(30)27-16-20-9-5-2-6-10-20/h1-14H,15-18H2,(H,26,29)(H,27,30). The third-order valence-corrected chi connectivity index (χ3v) is 4.53. The van der Waals surface area contributed by atoms with Crippen LogP contribution in [0.2, 0.25) is 0 Å². The summed E-state index contributed by atoms with van der Waals surface area (Å²) in [7, 11) is 0. The van der Waals surface area contributed by atoms with Crippen LogP contribution in [0.5, 0.6) is 0 Å². The second-order valence-electron chi connectivity index (χ2n) is 6.86. The highest BCUT2D eigenvalue weighted by atomic mass is 19.1. The van der Waals surface area contributed by atoms with Gasteiger partial charge in [-0.05, 0) is 35.4 Å². The molecule has 6 heteroatoms. The molecule has 0 bridgehead atoms. The molecule has 154 valence electrons. The van der Waals surface area contributed by atoms with E-state index in [2.05, 4.69) is 10.6 Å². The van der Waals surface area contributed by atoms with Gasteiger partial charge in [0.1, 0.15) is 5.82 Å². The molecule has 3 aromatic rings. The van der Waals surface area contributed by atoms with Gasteiger partial charge in [0.05, 0.1) is 13.1 Å². The van der Waals surface area contributed by atoms with Gasteiger partial charge in [-0.2, -0.15) is 0 Å². The monoisotopic (exact) mass is 405 g/mol. The molecule has 0 aromatic heterocycles. The number of nitrogens with zero attached hydrogens (tertiary/aromatic N) is 1. The van der Waals surface area contributed by atoms with E-state index in [1.807, 2.05) is 60.7 Å². The van der Waals surface area contributed by atoms with Crippen LogP contribution in [0.4, 0.5) is 10.1 Å². The van der Waals surface area contributed by atoms with E-state index in [9.17, 15) is 14.0 Å². The van der Waals surface area contributed by atoms with Crippen molar-refractivity contribution in [3.8, 4) is 0 Å². The minimum Gasteiger partial charge on any atom is -0.353 e. The normalized spacial score (nSPS) is 10.3. The van der Waals surface area contributed by atoms with Crippen molar-refractivity contribution in [2.75, 3.05) is 18.0 Å². The summed E-state index contributed by atoms with van der Waals surface area (Å²) in [5.74, 6) is -0.821. The Morgan fingerprint density at radius 3 is 1.53 bits per heavy atom. The molecule has 0 spiro atoms. The van der Waals surface area contributed by atoms with Gasteiger partial charge in [0.15, 0.2) is 0 Å². The Morgan fingerprint density at radius 1 is 0.667 bits per heavy atom. The fourth-order valence-corrected chi connectivity index (χ4v) is 2.94. The number of hydrogen-bond donors (Lipinski definition) is 2. The van der Waals surface area contributed by atoms with E-state index in [4.69, 9.17) is 0 Å². The molecule has 0 fully saturated rings. The van der Waals surface area contributed by atoms with E-state index < -0.39 is 0 Å². The first-order valence-electron chi connectivity index (χ1n) is 9.72. The molecule has 0 saturated heterocycles. The highest BCUT2D eigenvalue weighted by Gasteiger charge is 2.15. The molecule has 5 nitrogen and oxygen atoms in total. The second kappa shape index (κ2) is 10.8. The minimum atomic E-state index is -0.374. The van der Waals surface area contributed by atoms with Crippen molar-refractivity contribution in [2.24, 2.45) is 0 Å². The number of rotatable bonds is 9. The first kappa shape index (κ1) is 21.0. The molecule has 0 aliphatic heterocycles. The number of nitrogens with one attached hydrogen (secondary N) is 2. The molecule has 0 unspecified atom stereocenters. The molecule has 3 rings (SSSR count). The Morgan fingerprint density at radius 2 is 1.10 bits per heavy atom. The lowest BCUT2D eigenvalue weighted by Gasteiger charge is -2.24. The number of carbonyl (C=O) groups excluding carboxylic acids is 2. The van der Waals surface area contributed by atoms with Gasteiger partial charge >= 0.3 is 0 Å². The molecular weight excluding hydrogens is 381 g/mol. The third kappa shape index (κ3) is 6.74. The molecule has 0 atom stereocenters. The van der Waals surface area contributed by atoms with Crippen LogP contribution in [0.1, 0.15) is 11.1 Å².